The lowest BCUT2D eigenvalue weighted by atomic mass is 10.0. The maximum atomic E-state index is 13.5. The first kappa shape index (κ1) is 22.9. The normalized spacial score (nSPS) is 13.7. The van der Waals surface area contributed by atoms with Gasteiger partial charge >= 0.3 is 0 Å². The summed E-state index contributed by atoms with van der Waals surface area (Å²) in [6.45, 7) is 1.20. The summed E-state index contributed by atoms with van der Waals surface area (Å²) in [6.07, 6.45) is 0. The van der Waals surface area contributed by atoms with Crippen LogP contribution in [-0.4, -0.2) is 30.2 Å². The lowest BCUT2D eigenvalue weighted by Gasteiger charge is -2.31. The molecule has 3 aromatic carbocycles. The van der Waals surface area contributed by atoms with E-state index in [0.29, 0.717) is 33.2 Å². The van der Waals surface area contributed by atoms with E-state index in [0.717, 1.165) is 4.31 Å². The van der Waals surface area contributed by atoms with Crippen LogP contribution in [0.3, 0.4) is 0 Å². The van der Waals surface area contributed by atoms with Crippen LogP contribution in [0.1, 0.15) is 5.69 Å². The van der Waals surface area contributed by atoms with Gasteiger partial charge in [-0.25, -0.2) is 13.1 Å². The van der Waals surface area contributed by atoms with E-state index in [2.05, 4.69) is 5.32 Å². The Labute approximate surface area is 207 Å². The first-order valence-corrected chi connectivity index (χ1v) is 12.6. The summed E-state index contributed by atoms with van der Waals surface area (Å²) in [6, 6.07) is 20.4. The van der Waals surface area contributed by atoms with Crippen molar-refractivity contribution < 1.29 is 13.2 Å². The van der Waals surface area contributed by atoms with Gasteiger partial charge < -0.3 is 5.32 Å². The predicted octanol–water partition coefficient (Wildman–Crippen LogP) is 3.95. The molecule has 4 aromatic rings. The number of aromatic nitrogens is 2. The van der Waals surface area contributed by atoms with Crippen molar-refractivity contribution in [2.24, 2.45) is 7.05 Å². The minimum Gasteiger partial charge on any atom is -0.318 e. The van der Waals surface area contributed by atoms with Gasteiger partial charge in [-0.2, -0.15) is 0 Å². The van der Waals surface area contributed by atoms with E-state index < -0.39 is 28.0 Å². The largest absolute Gasteiger partial charge is 0.318 e. The van der Waals surface area contributed by atoms with Crippen molar-refractivity contribution in [2.45, 2.75) is 11.8 Å². The zero-order valence-corrected chi connectivity index (χ0v) is 20.5. The fourth-order valence-corrected chi connectivity index (χ4v) is 6.12. The van der Waals surface area contributed by atoms with Crippen molar-refractivity contribution in [3.05, 3.63) is 93.9 Å². The van der Waals surface area contributed by atoms with E-state index in [4.69, 9.17) is 11.6 Å². The number of amides is 1. The average molecular weight is 509 g/mol. The molecule has 1 aliphatic rings. The third-order valence-corrected chi connectivity index (χ3v) is 8.13. The molecule has 0 unspecified atom stereocenters. The SMILES string of the molecule is Cc1c(NC(=O)CN2c3ccc(Cl)cc3-c3ccccc3S2(=O)=O)c(=O)n(-c2ccccc2)n1C. The summed E-state index contributed by atoms with van der Waals surface area (Å²) in [5.74, 6) is -0.639. The number of nitrogens with zero attached hydrogens (tertiary/aromatic N) is 3. The van der Waals surface area contributed by atoms with Crippen LogP contribution in [0.15, 0.2) is 82.5 Å². The molecule has 0 atom stereocenters. The van der Waals surface area contributed by atoms with Gasteiger partial charge in [-0.05, 0) is 43.3 Å². The van der Waals surface area contributed by atoms with Crippen molar-refractivity contribution in [1.82, 2.24) is 9.36 Å². The number of para-hydroxylation sites is 1. The zero-order valence-electron chi connectivity index (χ0n) is 18.9. The van der Waals surface area contributed by atoms with Gasteiger partial charge in [-0.3, -0.25) is 18.6 Å². The second kappa shape index (κ2) is 8.44. The Morgan fingerprint density at radius 1 is 0.971 bits per heavy atom. The summed E-state index contributed by atoms with van der Waals surface area (Å²) in [7, 11) is -2.31. The van der Waals surface area contributed by atoms with Crippen LogP contribution in [0.2, 0.25) is 5.02 Å². The van der Waals surface area contributed by atoms with Gasteiger partial charge in [-0.15, -0.1) is 0 Å². The number of carbonyl (C=O) groups excluding carboxylic acids is 1. The Kier molecular flexibility index (Phi) is 5.53. The Morgan fingerprint density at radius 3 is 2.40 bits per heavy atom. The van der Waals surface area contributed by atoms with Crippen molar-refractivity contribution in [3.63, 3.8) is 0 Å². The van der Waals surface area contributed by atoms with E-state index in [1.54, 1.807) is 67.2 Å². The fraction of sp³-hybridized carbons (Fsp3) is 0.120. The van der Waals surface area contributed by atoms with E-state index in [1.165, 1.54) is 10.7 Å². The first-order chi connectivity index (χ1) is 16.7. The Bertz CT molecular complexity index is 1640. The molecule has 0 fully saturated rings. The molecule has 0 saturated heterocycles. The molecular formula is C25H21ClN4O4S. The van der Waals surface area contributed by atoms with Gasteiger partial charge in [-0.1, -0.05) is 48.0 Å². The summed E-state index contributed by atoms with van der Waals surface area (Å²) >= 11 is 6.19. The van der Waals surface area contributed by atoms with Crippen LogP contribution < -0.4 is 15.2 Å². The van der Waals surface area contributed by atoms with Crippen LogP contribution in [0.4, 0.5) is 11.4 Å². The van der Waals surface area contributed by atoms with Crippen LogP contribution in [0.5, 0.6) is 0 Å². The minimum atomic E-state index is -4.02. The van der Waals surface area contributed by atoms with Gasteiger partial charge in [0.05, 0.1) is 22.0 Å². The van der Waals surface area contributed by atoms with Gasteiger partial charge in [0, 0.05) is 23.2 Å². The molecule has 10 heteroatoms. The maximum absolute atomic E-state index is 13.5. The number of hydrogen-bond acceptors (Lipinski definition) is 4. The lowest BCUT2D eigenvalue weighted by molar-refractivity contribution is -0.114. The fourth-order valence-electron chi connectivity index (χ4n) is 4.30. The third-order valence-electron chi connectivity index (χ3n) is 6.08. The predicted molar refractivity (Wildman–Crippen MR) is 136 cm³/mol. The van der Waals surface area contributed by atoms with Crippen LogP contribution in [0, 0.1) is 6.92 Å². The third kappa shape index (κ3) is 3.73. The summed E-state index contributed by atoms with van der Waals surface area (Å²) in [4.78, 5) is 26.4. The number of benzene rings is 3. The van der Waals surface area contributed by atoms with E-state index in [9.17, 15) is 18.0 Å². The standard InChI is InChI=1S/C25H21ClN4O4S/c1-16-24(25(32)30(28(16)2)18-8-4-3-5-9-18)27-23(31)15-29-21-13-12-17(26)14-20(21)19-10-6-7-11-22(19)35(29,33)34/h3-14H,15H2,1-2H3,(H,27,31). The summed E-state index contributed by atoms with van der Waals surface area (Å²) < 4.78 is 31.0. The van der Waals surface area contributed by atoms with Crippen LogP contribution in [0.25, 0.3) is 16.8 Å². The zero-order chi connectivity index (χ0) is 24.9. The molecule has 0 aliphatic carbocycles. The molecule has 1 aliphatic heterocycles. The van der Waals surface area contributed by atoms with E-state index in [-0.39, 0.29) is 10.6 Å². The Balaban J connectivity index is 1.52. The minimum absolute atomic E-state index is 0.0879. The van der Waals surface area contributed by atoms with Gasteiger partial charge in [0.15, 0.2) is 0 Å². The van der Waals surface area contributed by atoms with Gasteiger partial charge in [0.25, 0.3) is 15.6 Å². The summed E-state index contributed by atoms with van der Waals surface area (Å²) in [5.41, 5.74) is 2.33. The molecule has 0 bridgehead atoms. The highest BCUT2D eigenvalue weighted by Gasteiger charge is 2.36. The number of nitrogens with one attached hydrogen (secondary N) is 1. The van der Waals surface area contributed by atoms with Crippen LogP contribution in [-0.2, 0) is 21.9 Å². The molecular weight excluding hydrogens is 488 g/mol. The molecule has 1 N–H and O–H groups in total. The van der Waals surface area contributed by atoms with Gasteiger partial charge in [0.1, 0.15) is 12.2 Å². The number of rotatable bonds is 4. The number of fused-ring (bicyclic) bond motifs is 3. The van der Waals surface area contributed by atoms with E-state index in [1.807, 2.05) is 18.2 Å². The monoisotopic (exact) mass is 508 g/mol. The number of halogens is 1. The maximum Gasteiger partial charge on any atom is 0.295 e. The quantitative estimate of drug-likeness (QED) is 0.451. The first-order valence-electron chi connectivity index (χ1n) is 10.8. The second-order valence-electron chi connectivity index (χ2n) is 8.15. The van der Waals surface area contributed by atoms with Crippen molar-refractivity contribution >= 4 is 38.9 Å². The van der Waals surface area contributed by atoms with E-state index >= 15 is 0 Å². The highest BCUT2D eigenvalue weighted by molar-refractivity contribution is 7.93. The van der Waals surface area contributed by atoms with Crippen LogP contribution >= 0.6 is 11.6 Å². The molecule has 5 rings (SSSR count). The van der Waals surface area contributed by atoms with Crippen molar-refractivity contribution in [1.29, 1.82) is 0 Å². The number of carbonyl (C=O) groups is 1. The number of anilines is 2. The smallest absolute Gasteiger partial charge is 0.295 e. The van der Waals surface area contributed by atoms with Gasteiger partial charge in [0.2, 0.25) is 5.91 Å². The van der Waals surface area contributed by atoms with Crippen molar-refractivity contribution in [2.75, 3.05) is 16.2 Å². The number of hydrogen-bond donors (Lipinski definition) is 1. The topological polar surface area (TPSA) is 93.4 Å². The molecule has 1 amide bonds. The molecule has 8 nitrogen and oxygen atoms in total. The Hall–Kier alpha value is -3.82. The highest BCUT2D eigenvalue weighted by Crippen LogP contribution is 2.43. The molecule has 178 valence electrons. The highest BCUT2D eigenvalue weighted by atomic mass is 35.5. The molecule has 1 aromatic heterocycles. The Morgan fingerprint density at radius 2 is 1.66 bits per heavy atom. The lowest BCUT2D eigenvalue weighted by Crippen LogP contribution is -2.40. The molecule has 2 heterocycles. The average Bonchev–Trinajstić information content (AvgIpc) is 3.05. The summed E-state index contributed by atoms with van der Waals surface area (Å²) in [5, 5.41) is 3.08. The second-order valence-corrected chi connectivity index (χ2v) is 10.4. The molecule has 0 saturated carbocycles. The molecule has 35 heavy (non-hydrogen) atoms. The molecule has 0 spiro atoms. The molecule has 0 radical (unpaired) electrons. The number of sulfonamides is 1. The van der Waals surface area contributed by atoms with Crippen molar-refractivity contribution in [3.8, 4) is 16.8 Å².